The van der Waals surface area contributed by atoms with E-state index in [1.807, 2.05) is 25.8 Å². The summed E-state index contributed by atoms with van der Waals surface area (Å²) in [6.45, 7) is 6.10. The van der Waals surface area contributed by atoms with E-state index >= 15 is 0 Å². The first-order chi connectivity index (χ1) is 9.90. The molecule has 0 aromatic heterocycles. The lowest BCUT2D eigenvalue weighted by atomic mass is 10.1. The molecule has 0 saturated carbocycles. The molecule has 1 rings (SSSR count). The second-order valence-corrected chi connectivity index (χ2v) is 6.54. The van der Waals surface area contributed by atoms with E-state index in [9.17, 15) is 8.42 Å². The summed E-state index contributed by atoms with van der Waals surface area (Å²) in [7, 11) is -1.53. The maximum absolute atomic E-state index is 12.2. The van der Waals surface area contributed by atoms with Gasteiger partial charge in [-0.15, -0.1) is 0 Å². The van der Waals surface area contributed by atoms with Crippen LogP contribution in [0.3, 0.4) is 0 Å². The van der Waals surface area contributed by atoms with E-state index in [4.69, 9.17) is 5.73 Å². The van der Waals surface area contributed by atoms with Gasteiger partial charge in [-0.05, 0) is 44.3 Å². The minimum atomic E-state index is -3.47. The molecule has 6 heteroatoms. The Kier molecular flexibility index (Phi) is 6.85. The first kappa shape index (κ1) is 17.7. The molecule has 1 aromatic rings. The summed E-state index contributed by atoms with van der Waals surface area (Å²) in [5.41, 5.74) is 6.95. The predicted molar refractivity (Wildman–Crippen MR) is 85.5 cm³/mol. The molecule has 0 atom stereocenters. The van der Waals surface area contributed by atoms with Gasteiger partial charge in [-0.2, -0.15) is 0 Å². The van der Waals surface area contributed by atoms with Crippen molar-refractivity contribution in [3.8, 4) is 11.8 Å². The molecule has 5 nitrogen and oxygen atoms in total. The second-order valence-electron chi connectivity index (χ2n) is 4.78. The monoisotopic (exact) mass is 309 g/mol. The Morgan fingerprint density at radius 2 is 2.10 bits per heavy atom. The van der Waals surface area contributed by atoms with Gasteiger partial charge in [-0.3, -0.25) is 0 Å². The molecule has 0 bridgehead atoms. The van der Waals surface area contributed by atoms with Gasteiger partial charge in [0.2, 0.25) is 10.0 Å². The van der Waals surface area contributed by atoms with Crippen LogP contribution in [0.1, 0.15) is 18.1 Å². The van der Waals surface area contributed by atoms with Gasteiger partial charge >= 0.3 is 0 Å². The molecular formula is C15H23N3O2S. The molecule has 116 valence electrons. The fourth-order valence-electron chi connectivity index (χ4n) is 1.70. The summed E-state index contributed by atoms with van der Waals surface area (Å²) in [5, 5.41) is 0. The van der Waals surface area contributed by atoms with Crippen LogP contribution in [0.4, 0.5) is 0 Å². The molecule has 0 saturated heterocycles. The summed E-state index contributed by atoms with van der Waals surface area (Å²) in [4.78, 5) is 2.30. The Balaban J connectivity index is 2.82. The topological polar surface area (TPSA) is 75.4 Å². The summed E-state index contributed by atoms with van der Waals surface area (Å²) >= 11 is 0. The number of nitrogens with one attached hydrogen (secondary N) is 1. The van der Waals surface area contributed by atoms with E-state index in [1.54, 1.807) is 18.2 Å². The third-order valence-electron chi connectivity index (χ3n) is 3.16. The fraction of sp³-hybridized carbons (Fsp3) is 0.467. The Bertz CT molecular complexity index is 630. The van der Waals surface area contributed by atoms with Crippen LogP contribution in [-0.2, 0) is 10.0 Å². The summed E-state index contributed by atoms with van der Waals surface area (Å²) in [6.07, 6.45) is 0. The van der Waals surface area contributed by atoms with Crippen molar-refractivity contribution < 1.29 is 8.42 Å². The number of hydrogen-bond donors (Lipinski definition) is 2. The highest BCUT2D eigenvalue weighted by molar-refractivity contribution is 7.89. The van der Waals surface area contributed by atoms with Crippen LogP contribution in [0.25, 0.3) is 0 Å². The molecule has 0 unspecified atom stereocenters. The van der Waals surface area contributed by atoms with Crippen LogP contribution < -0.4 is 10.5 Å². The number of likely N-dealkylation sites (N-methyl/N-ethyl adjacent to an activating group) is 1. The highest BCUT2D eigenvalue weighted by atomic mass is 32.2. The van der Waals surface area contributed by atoms with Crippen molar-refractivity contribution in [1.29, 1.82) is 0 Å². The maximum Gasteiger partial charge on any atom is 0.240 e. The van der Waals surface area contributed by atoms with Crippen molar-refractivity contribution in [2.75, 3.05) is 33.2 Å². The third kappa shape index (κ3) is 5.48. The van der Waals surface area contributed by atoms with Crippen molar-refractivity contribution in [3.05, 3.63) is 29.3 Å². The number of benzene rings is 1. The Labute approximate surface area is 127 Å². The molecule has 1 aromatic carbocycles. The van der Waals surface area contributed by atoms with E-state index < -0.39 is 10.0 Å². The van der Waals surface area contributed by atoms with Gasteiger partial charge in [-0.1, -0.05) is 18.8 Å². The lowest BCUT2D eigenvalue weighted by molar-refractivity contribution is 0.358. The molecule has 0 aliphatic heterocycles. The van der Waals surface area contributed by atoms with Gasteiger partial charge < -0.3 is 10.6 Å². The van der Waals surface area contributed by atoms with Crippen molar-refractivity contribution in [1.82, 2.24) is 9.62 Å². The number of hydrogen-bond acceptors (Lipinski definition) is 4. The van der Waals surface area contributed by atoms with E-state index in [0.717, 1.165) is 17.7 Å². The largest absolute Gasteiger partial charge is 0.320 e. The first-order valence-electron chi connectivity index (χ1n) is 6.88. The zero-order chi connectivity index (χ0) is 15.9. The molecule has 0 spiro atoms. The number of rotatable bonds is 6. The van der Waals surface area contributed by atoms with Gasteiger partial charge in [0.15, 0.2) is 0 Å². The van der Waals surface area contributed by atoms with E-state index in [2.05, 4.69) is 16.6 Å². The lowest BCUT2D eigenvalue weighted by Gasteiger charge is -2.14. The van der Waals surface area contributed by atoms with Crippen LogP contribution in [0.5, 0.6) is 0 Å². The van der Waals surface area contributed by atoms with Gasteiger partial charge in [0, 0.05) is 18.7 Å². The lowest BCUT2D eigenvalue weighted by Crippen LogP contribution is -2.32. The zero-order valence-corrected chi connectivity index (χ0v) is 13.6. The Hall–Kier alpha value is -1.39. The van der Waals surface area contributed by atoms with Crippen LogP contribution in [0, 0.1) is 18.8 Å². The highest BCUT2D eigenvalue weighted by Crippen LogP contribution is 2.14. The Morgan fingerprint density at radius 1 is 1.38 bits per heavy atom. The fourth-order valence-corrected chi connectivity index (χ4v) is 2.81. The summed E-state index contributed by atoms with van der Waals surface area (Å²) < 4.78 is 27.0. The smallest absolute Gasteiger partial charge is 0.240 e. The third-order valence-corrected chi connectivity index (χ3v) is 4.62. The average Bonchev–Trinajstić information content (AvgIpc) is 2.45. The van der Waals surface area contributed by atoms with Crippen LogP contribution in [0.2, 0.25) is 0 Å². The average molecular weight is 309 g/mol. The highest BCUT2D eigenvalue weighted by Gasteiger charge is 2.14. The second kappa shape index (κ2) is 8.15. The Morgan fingerprint density at radius 3 is 2.67 bits per heavy atom. The van der Waals surface area contributed by atoms with Crippen LogP contribution >= 0.6 is 0 Å². The van der Waals surface area contributed by atoms with Crippen LogP contribution in [0.15, 0.2) is 23.1 Å². The zero-order valence-electron chi connectivity index (χ0n) is 12.8. The SMILES string of the molecule is CCN(C)CCNS(=O)(=O)c1ccc(C#CCN)c(C)c1. The molecular weight excluding hydrogens is 286 g/mol. The number of nitrogens with zero attached hydrogens (tertiary/aromatic N) is 1. The molecule has 3 N–H and O–H groups in total. The van der Waals surface area contributed by atoms with Crippen molar-refractivity contribution in [2.24, 2.45) is 5.73 Å². The molecule has 0 radical (unpaired) electrons. The van der Waals surface area contributed by atoms with Gasteiger partial charge in [0.1, 0.15) is 0 Å². The van der Waals surface area contributed by atoms with Gasteiger partial charge in [0.25, 0.3) is 0 Å². The molecule has 0 heterocycles. The van der Waals surface area contributed by atoms with Gasteiger partial charge in [-0.25, -0.2) is 13.1 Å². The predicted octanol–water partition coefficient (Wildman–Crippen LogP) is 0.535. The standard InChI is InChI=1S/C15H23N3O2S/c1-4-18(3)11-10-17-21(19,20)15-8-7-14(6-5-9-16)13(2)12-15/h7-8,12,17H,4,9-11,16H2,1-3H3. The maximum atomic E-state index is 12.2. The number of nitrogens with two attached hydrogens (primary N) is 1. The molecule has 0 aliphatic carbocycles. The molecule has 21 heavy (non-hydrogen) atoms. The van der Waals surface area contributed by atoms with Gasteiger partial charge in [0.05, 0.1) is 11.4 Å². The van der Waals surface area contributed by atoms with Crippen molar-refractivity contribution in [3.63, 3.8) is 0 Å². The molecule has 0 amide bonds. The number of aryl methyl sites for hydroxylation is 1. The van der Waals surface area contributed by atoms with Crippen molar-refractivity contribution in [2.45, 2.75) is 18.7 Å². The minimum Gasteiger partial charge on any atom is -0.320 e. The number of sulfonamides is 1. The van der Waals surface area contributed by atoms with E-state index in [1.165, 1.54) is 0 Å². The minimum absolute atomic E-state index is 0.262. The molecule has 0 fully saturated rings. The van der Waals surface area contributed by atoms with Crippen molar-refractivity contribution >= 4 is 10.0 Å². The quantitative estimate of drug-likeness (QED) is 0.752. The summed E-state index contributed by atoms with van der Waals surface area (Å²) in [5.74, 6) is 5.68. The van der Waals surface area contributed by atoms with Crippen LogP contribution in [-0.4, -0.2) is 46.5 Å². The molecule has 0 aliphatic rings. The van der Waals surface area contributed by atoms with E-state index in [0.29, 0.717) is 13.1 Å². The summed E-state index contributed by atoms with van der Waals surface area (Å²) in [6, 6.07) is 4.91. The van der Waals surface area contributed by atoms with E-state index in [-0.39, 0.29) is 11.4 Å². The first-order valence-corrected chi connectivity index (χ1v) is 8.36. The normalized spacial score (nSPS) is 11.3.